The lowest BCUT2D eigenvalue weighted by molar-refractivity contribution is -0.116. The van der Waals surface area contributed by atoms with Crippen LogP contribution in [0.4, 0.5) is 0 Å². The molecule has 1 fully saturated rings. The summed E-state index contributed by atoms with van der Waals surface area (Å²) in [5, 5.41) is 9.31. The van der Waals surface area contributed by atoms with Crippen molar-refractivity contribution in [2.45, 2.75) is 17.1 Å². The molecule has 1 saturated heterocycles. The van der Waals surface area contributed by atoms with Crippen LogP contribution in [0.2, 0.25) is 0 Å². The zero-order valence-electron chi connectivity index (χ0n) is 9.97. The van der Waals surface area contributed by atoms with Crippen LogP contribution in [0.25, 0.3) is 5.76 Å². The first-order chi connectivity index (χ1) is 8.54. The van der Waals surface area contributed by atoms with Gasteiger partial charge in [0.2, 0.25) is 5.12 Å². The number of thioether (sulfide) groups is 2. The zero-order chi connectivity index (χ0) is 13.3. The summed E-state index contributed by atoms with van der Waals surface area (Å²) in [7, 11) is 0. The molecule has 1 N–H and O–H groups in total. The summed E-state index contributed by atoms with van der Waals surface area (Å²) in [5.74, 6) is -0.508. The quantitative estimate of drug-likeness (QED) is 0.391. The Kier molecular flexibility index (Phi) is 3.82. The van der Waals surface area contributed by atoms with Crippen LogP contribution in [0.1, 0.15) is 12.5 Å². The Bertz CT molecular complexity index is 532. The van der Waals surface area contributed by atoms with Crippen LogP contribution in [0.3, 0.4) is 0 Å². The number of hydrogen-bond acceptors (Lipinski definition) is 5. The molecule has 0 saturated carbocycles. The van der Waals surface area contributed by atoms with Crippen molar-refractivity contribution in [3.63, 3.8) is 0 Å². The van der Waals surface area contributed by atoms with Crippen LogP contribution in [0.5, 0.6) is 0 Å². The molecule has 0 aliphatic carbocycles. The summed E-state index contributed by atoms with van der Waals surface area (Å²) in [6.07, 6.45) is 1.95. The third-order valence-corrected chi connectivity index (χ3v) is 4.43. The summed E-state index contributed by atoms with van der Waals surface area (Å²) in [4.78, 5) is 24.5. The number of hydrogen-bond donors (Lipinski definition) is 1. The Morgan fingerprint density at radius 3 is 2.33 bits per heavy atom. The van der Waals surface area contributed by atoms with E-state index in [4.69, 9.17) is 0 Å². The Labute approximate surface area is 114 Å². The van der Waals surface area contributed by atoms with E-state index in [0.29, 0.717) is 5.56 Å². The Hall–Kier alpha value is -1.20. The lowest BCUT2D eigenvalue weighted by Gasteiger charge is -2.04. The third kappa shape index (κ3) is 2.33. The highest BCUT2D eigenvalue weighted by Gasteiger charge is 2.37. The predicted octanol–water partition coefficient (Wildman–Crippen LogP) is 2.91. The highest BCUT2D eigenvalue weighted by Crippen LogP contribution is 2.33. The van der Waals surface area contributed by atoms with Gasteiger partial charge in [-0.25, -0.2) is 0 Å². The van der Waals surface area contributed by atoms with E-state index in [1.165, 1.54) is 0 Å². The summed E-state index contributed by atoms with van der Waals surface area (Å²) in [5.41, 5.74) is 0.420. The van der Waals surface area contributed by atoms with Gasteiger partial charge in [-0.2, -0.15) is 0 Å². The van der Waals surface area contributed by atoms with Crippen molar-refractivity contribution in [1.82, 2.24) is 0 Å². The van der Waals surface area contributed by atoms with Gasteiger partial charge in [-0.15, -0.1) is 11.8 Å². The van der Waals surface area contributed by atoms with Gasteiger partial charge in [-0.05, 0) is 25.3 Å². The second-order valence-corrected chi connectivity index (χ2v) is 6.06. The van der Waals surface area contributed by atoms with Gasteiger partial charge >= 0.3 is 0 Å². The molecule has 0 bridgehead atoms. The summed E-state index contributed by atoms with van der Waals surface area (Å²) in [6, 6.07) is 7.11. The molecule has 2 rings (SSSR count). The van der Waals surface area contributed by atoms with Crippen molar-refractivity contribution < 1.29 is 14.7 Å². The van der Waals surface area contributed by atoms with Crippen molar-refractivity contribution in [2.24, 2.45) is 0 Å². The van der Waals surface area contributed by atoms with Gasteiger partial charge in [0.1, 0.15) is 11.3 Å². The van der Waals surface area contributed by atoms with Gasteiger partial charge in [0.25, 0.3) is 0 Å². The number of carbonyl (C=O) groups excluding carboxylic acids is 2. The van der Waals surface area contributed by atoms with E-state index in [-0.39, 0.29) is 22.2 Å². The summed E-state index contributed by atoms with van der Waals surface area (Å²) in [6.45, 7) is 1.67. The number of benzene rings is 1. The largest absolute Gasteiger partial charge is 0.506 e. The van der Waals surface area contributed by atoms with Crippen molar-refractivity contribution in [3.8, 4) is 0 Å². The molecule has 1 aromatic rings. The molecule has 3 nitrogen and oxygen atoms in total. The molecule has 0 aromatic heterocycles. The second kappa shape index (κ2) is 5.20. The second-order valence-electron chi connectivity index (χ2n) is 3.86. The number of Topliss-reactive ketones (excluding diaryl/α,β-unsaturated/α-hetero) is 1. The van der Waals surface area contributed by atoms with E-state index < -0.39 is 5.25 Å². The van der Waals surface area contributed by atoms with Gasteiger partial charge in [-0.3, -0.25) is 9.59 Å². The monoisotopic (exact) mass is 280 g/mol. The maximum absolute atomic E-state index is 11.8. The van der Waals surface area contributed by atoms with Crippen molar-refractivity contribution in [2.75, 3.05) is 6.26 Å². The molecule has 94 valence electrons. The Balaban J connectivity index is 2.43. The SMILES string of the molecule is CSc1ccc(/C(O)=C2/C(=O)SC(C)C2=O)cc1. The molecule has 1 heterocycles. The first-order valence-corrected chi connectivity index (χ1v) is 7.48. The third-order valence-electron chi connectivity index (χ3n) is 2.70. The Morgan fingerprint density at radius 1 is 1.28 bits per heavy atom. The fourth-order valence-electron chi connectivity index (χ4n) is 1.68. The number of ketones is 1. The molecule has 0 radical (unpaired) electrons. The minimum Gasteiger partial charge on any atom is -0.506 e. The number of carbonyl (C=O) groups is 2. The number of rotatable bonds is 2. The minimum absolute atomic E-state index is 0.0793. The summed E-state index contributed by atoms with van der Waals surface area (Å²) >= 11 is 2.54. The van der Waals surface area contributed by atoms with Crippen molar-refractivity contribution in [1.29, 1.82) is 0 Å². The van der Waals surface area contributed by atoms with Crippen LogP contribution < -0.4 is 0 Å². The average molecular weight is 280 g/mol. The molecule has 1 atom stereocenters. The molecule has 1 aliphatic heterocycles. The number of aliphatic hydroxyl groups excluding tert-OH is 1. The maximum atomic E-state index is 11.8. The van der Waals surface area contributed by atoms with Crippen molar-refractivity contribution >= 4 is 40.2 Å². The summed E-state index contributed by atoms with van der Waals surface area (Å²) < 4.78 is 0. The maximum Gasteiger partial charge on any atom is 0.227 e. The van der Waals surface area contributed by atoms with Crippen molar-refractivity contribution in [3.05, 3.63) is 35.4 Å². The van der Waals surface area contributed by atoms with Crippen LogP contribution in [0, 0.1) is 0 Å². The van der Waals surface area contributed by atoms with Gasteiger partial charge in [0.15, 0.2) is 5.78 Å². The van der Waals surface area contributed by atoms with Gasteiger partial charge < -0.3 is 5.11 Å². The van der Waals surface area contributed by atoms with Crippen LogP contribution >= 0.6 is 23.5 Å². The standard InChI is InChI=1S/C13H12O3S2/c1-7-11(14)10(13(16)18-7)12(15)8-3-5-9(17-2)6-4-8/h3-7,15H,1-2H3/b12-10-. The normalized spacial score (nSPS) is 22.4. The number of aliphatic hydroxyl groups is 1. The molecule has 18 heavy (non-hydrogen) atoms. The van der Waals surface area contributed by atoms with E-state index in [1.54, 1.807) is 30.8 Å². The smallest absolute Gasteiger partial charge is 0.227 e. The van der Waals surface area contributed by atoms with E-state index in [2.05, 4.69) is 0 Å². The molecule has 0 spiro atoms. The fourth-order valence-corrected chi connectivity index (χ4v) is 2.95. The molecule has 1 aromatic carbocycles. The van der Waals surface area contributed by atoms with E-state index in [0.717, 1.165) is 16.7 Å². The van der Waals surface area contributed by atoms with E-state index in [1.807, 2.05) is 18.4 Å². The minimum atomic E-state index is -0.403. The molecule has 1 unspecified atom stereocenters. The van der Waals surface area contributed by atoms with Gasteiger partial charge in [0, 0.05) is 10.5 Å². The molecule has 5 heteroatoms. The van der Waals surface area contributed by atoms with Gasteiger partial charge in [0.05, 0.1) is 5.25 Å². The van der Waals surface area contributed by atoms with Gasteiger partial charge in [-0.1, -0.05) is 23.9 Å². The predicted molar refractivity (Wildman–Crippen MR) is 74.8 cm³/mol. The fraction of sp³-hybridized carbons (Fsp3) is 0.231. The van der Waals surface area contributed by atoms with Crippen LogP contribution in [-0.2, 0) is 9.59 Å². The molecular formula is C13H12O3S2. The molecular weight excluding hydrogens is 268 g/mol. The first-order valence-electron chi connectivity index (χ1n) is 5.37. The lowest BCUT2D eigenvalue weighted by atomic mass is 10.0. The van der Waals surface area contributed by atoms with E-state index >= 15 is 0 Å². The molecule has 1 aliphatic rings. The topological polar surface area (TPSA) is 54.4 Å². The van der Waals surface area contributed by atoms with E-state index in [9.17, 15) is 14.7 Å². The lowest BCUT2D eigenvalue weighted by Crippen LogP contribution is -2.10. The average Bonchev–Trinajstić information content (AvgIpc) is 2.63. The van der Waals surface area contributed by atoms with Crippen LogP contribution in [0.15, 0.2) is 34.7 Å². The highest BCUT2D eigenvalue weighted by atomic mass is 32.2. The first kappa shape index (κ1) is 13.2. The highest BCUT2D eigenvalue weighted by molar-refractivity contribution is 8.16. The van der Waals surface area contributed by atoms with Crippen LogP contribution in [-0.4, -0.2) is 27.5 Å². The Morgan fingerprint density at radius 2 is 1.89 bits per heavy atom. The molecule has 0 amide bonds. The zero-order valence-corrected chi connectivity index (χ0v) is 11.6.